The number of carbonyl (C=O) groups excluding carboxylic acids is 2. The molecule has 0 saturated carbocycles. The van der Waals surface area contributed by atoms with E-state index in [4.69, 9.17) is 10.5 Å². The van der Waals surface area contributed by atoms with E-state index >= 15 is 0 Å². The maximum atomic E-state index is 12.7. The Labute approximate surface area is 143 Å². The smallest absolute Gasteiger partial charge is 0.348 e. The predicted octanol–water partition coefficient (Wildman–Crippen LogP) is 1.76. The van der Waals surface area contributed by atoms with Gasteiger partial charge in [-0.3, -0.25) is 14.2 Å². The van der Waals surface area contributed by atoms with Gasteiger partial charge in [0.25, 0.3) is 5.56 Å². The average Bonchev–Trinajstić information content (AvgIpc) is 2.81. The van der Waals surface area contributed by atoms with Crippen LogP contribution in [0, 0.1) is 19.8 Å². The van der Waals surface area contributed by atoms with Gasteiger partial charge in [0.2, 0.25) is 5.91 Å². The highest BCUT2D eigenvalue weighted by Gasteiger charge is 2.21. The van der Waals surface area contributed by atoms with Crippen molar-refractivity contribution in [3.63, 3.8) is 0 Å². The van der Waals surface area contributed by atoms with Crippen molar-refractivity contribution in [1.82, 2.24) is 9.55 Å². The summed E-state index contributed by atoms with van der Waals surface area (Å²) in [6.07, 6.45) is 0.0560. The number of thiophene rings is 1. The third-order valence-electron chi connectivity index (χ3n) is 3.56. The molecule has 0 aromatic carbocycles. The lowest BCUT2D eigenvalue weighted by Crippen LogP contribution is -2.26. The molecule has 2 aromatic heterocycles. The van der Waals surface area contributed by atoms with Crippen molar-refractivity contribution in [3.8, 4) is 0 Å². The zero-order valence-corrected chi connectivity index (χ0v) is 15.0. The Morgan fingerprint density at radius 1 is 1.33 bits per heavy atom. The summed E-state index contributed by atoms with van der Waals surface area (Å²) in [6.45, 7) is 7.79. The van der Waals surface area contributed by atoms with Gasteiger partial charge in [-0.05, 0) is 25.3 Å². The molecule has 0 atom stereocenters. The van der Waals surface area contributed by atoms with E-state index in [0.29, 0.717) is 33.1 Å². The van der Waals surface area contributed by atoms with Crippen molar-refractivity contribution >= 4 is 33.4 Å². The van der Waals surface area contributed by atoms with Gasteiger partial charge in [-0.15, -0.1) is 11.3 Å². The van der Waals surface area contributed by atoms with Crippen molar-refractivity contribution in [1.29, 1.82) is 0 Å². The molecular formula is C16H21N3O4S. The summed E-state index contributed by atoms with van der Waals surface area (Å²) in [4.78, 5) is 41.2. The monoisotopic (exact) mass is 351 g/mol. The molecule has 0 aliphatic heterocycles. The number of rotatable bonds is 6. The number of hydrogen-bond acceptors (Lipinski definition) is 6. The Bertz CT molecular complexity index is 851. The van der Waals surface area contributed by atoms with E-state index in [0.717, 1.165) is 11.3 Å². The molecule has 0 fully saturated rings. The number of aryl methyl sites for hydroxylation is 2. The summed E-state index contributed by atoms with van der Waals surface area (Å²) in [5, 5.41) is 0.395. The van der Waals surface area contributed by atoms with Crippen LogP contribution >= 0.6 is 11.3 Å². The number of carbonyl (C=O) groups is 2. The molecule has 0 radical (unpaired) electrons. The molecule has 130 valence electrons. The van der Waals surface area contributed by atoms with Crippen LogP contribution in [0.25, 0.3) is 10.2 Å². The maximum Gasteiger partial charge on any atom is 0.348 e. The predicted molar refractivity (Wildman–Crippen MR) is 92.3 cm³/mol. The fourth-order valence-electron chi connectivity index (χ4n) is 2.31. The van der Waals surface area contributed by atoms with E-state index in [1.165, 1.54) is 4.57 Å². The van der Waals surface area contributed by atoms with E-state index in [2.05, 4.69) is 4.98 Å². The standard InChI is InChI=1S/C16H21N3O4S/c1-8(2)7-23-16(22)13-9(3)12-14(24-13)18-10(4)19(15(12)21)6-5-11(17)20/h8H,5-7H2,1-4H3,(H2,17,20). The highest BCUT2D eigenvalue weighted by atomic mass is 32.1. The number of nitrogens with two attached hydrogens (primary N) is 1. The van der Waals surface area contributed by atoms with Crippen LogP contribution in [0.3, 0.4) is 0 Å². The van der Waals surface area contributed by atoms with Gasteiger partial charge in [0.05, 0.1) is 12.0 Å². The summed E-state index contributed by atoms with van der Waals surface area (Å²) in [7, 11) is 0. The summed E-state index contributed by atoms with van der Waals surface area (Å²) in [6, 6.07) is 0. The zero-order chi connectivity index (χ0) is 18.0. The Morgan fingerprint density at radius 2 is 2.00 bits per heavy atom. The number of primary amides is 1. The number of nitrogens with zero attached hydrogens (tertiary/aromatic N) is 2. The van der Waals surface area contributed by atoms with Crippen molar-refractivity contribution in [2.45, 2.75) is 40.7 Å². The molecule has 2 N–H and O–H groups in total. The number of ether oxygens (including phenoxy) is 1. The first kappa shape index (κ1) is 18.1. The summed E-state index contributed by atoms with van der Waals surface area (Å²) in [5.41, 5.74) is 5.45. The second-order valence-electron chi connectivity index (χ2n) is 6.06. The number of aromatic nitrogens is 2. The van der Waals surface area contributed by atoms with Gasteiger partial charge in [-0.25, -0.2) is 9.78 Å². The van der Waals surface area contributed by atoms with Crippen LogP contribution in [0.1, 0.15) is 41.3 Å². The Balaban J connectivity index is 2.47. The van der Waals surface area contributed by atoms with Crippen LogP contribution < -0.4 is 11.3 Å². The summed E-state index contributed by atoms with van der Waals surface area (Å²) < 4.78 is 6.67. The Morgan fingerprint density at radius 3 is 2.58 bits per heavy atom. The first-order valence-corrected chi connectivity index (χ1v) is 8.50. The van der Waals surface area contributed by atoms with E-state index in [9.17, 15) is 14.4 Å². The Kier molecular flexibility index (Phi) is 5.38. The van der Waals surface area contributed by atoms with Crippen LogP contribution in [-0.4, -0.2) is 28.0 Å². The Hall–Kier alpha value is -2.22. The van der Waals surface area contributed by atoms with Crippen molar-refractivity contribution in [2.75, 3.05) is 6.61 Å². The number of amides is 1. The SMILES string of the molecule is Cc1c(C(=O)OCC(C)C)sc2nc(C)n(CCC(N)=O)c(=O)c12. The largest absolute Gasteiger partial charge is 0.461 e. The topological polar surface area (TPSA) is 104 Å². The quantitative estimate of drug-likeness (QED) is 0.799. The molecule has 24 heavy (non-hydrogen) atoms. The second kappa shape index (κ2) is 7.12. The molecule has 0 bridgehead atoms. The first-order chi connectivity index (χ1) is 11.2. The molecule has 2 heterocycles. The third-order valence-corrected chi connectivity index (χ3v) is 4.72. The molecule has 1 amide bonds. The first-order valence-electron chi connectivity index (χ1n) is 7.68. The van der Waals surface area contributed by atoms with E-state index < -0.39 is 11.9 Å². The van der Waals surface area contributed by atoms with Gasteiger partial charge in [0.1, 0.15) is 15.5 Å². The van der Waals surface area contributed by atoms with Crippen molar-refractivity contribution in [2.24, 2.45) is 11.7 Å². The van der Waals surface area contributed by atoms with Gasteiger partial charge in [0, 0.05) is 13.0 Å². The molecule has 0 saturated heterocycles. The van der Waals surface area contributed by atoms with Crippen LogP contribution in [0.4, 0.5) is 0 Å². The minimum atomic E-state index is -0.485. The van der Waals surface area contributed by atoms with Crippen molar-refractivity contribution < 1.29 is 14.3 Å². The number of fused-ring (bicyclic) bond motifs is 1. The molecule has 0 aliphatic rings. The van der Waals surface area contributed by atoms with Gasteiger partial charge in [-0.1, -0.05) is 13.8 Å². The van der Waals surface area contributed by atoms with E-state index in [1.807, 2.05) is 13.8 Å². The lowest BCUT2D eigenvalue weighted by atomic mass is 10.2. The van der Waals surface area contributed by atoms with Crippen LogP contribution in [0.2, 0.25) is 0 Å². The van der Waals surface area contributed by atoms with Crippen LogP contribution in [-0.2, 0) is 16.1 Å². The normalized spacial score (nSPS) is 11.2. The number of esters is 1. The summed E-state index contributed by atoms with van der Waals surface area (Å²) >= 11 is 1.15. The molecule has 0 spiro atoms. The van der Waals surface area contributed by atoms with Crippen LogP contribution in [0.5, 0.6) is 0 Å². The molecule has 0 aliphatic carbocycles. The minimum Gasteiger partial charge on any atom is -0.461 e. The minimum absolute atomic E-state index is 0.0560. The molecule has 2 rings (SSSR count). The van der Waals surface area contributed by atoms with Gasteiger partial charge < -0.3 is 10.5 Å². The molecule has 8 heteroatoms. The second-order valence-corrected chi connectivity index (χ2v) is 7.06. The van der Waals surface area contributed by atoms with Crippen LogP contribution in [0.15, 0.2) is 4.79 Å². The van der Waals surface area contributed by atoms with Gasteiger partial charge in [0.15, 0.2) is 0 Å². The molecule has 7 nitrogen and oxygen atoms in total. The lowest BCUT2D eigenvalue weighted by molar-refractivity contribution is -0.118. The lowest BCUT2D eigenvalue weighted by Gasteiger charge is -2.08. The molecule has 0 unspecified atom stereocenters. The maximum absolute atomic E-state index is 12.7. The third kappa shape index (κ3) is 3.64. The van der Waals surface area contributed by atoms with E-state index in [1.54, 1.807) is 13.8 Å². The van der Waals surface area contributed by atoms with Gasteiger partial charge >= 0.3 is 5.97 Å². The van der Waals surface area contributed by atoms with Gasteiger partial charge in [-0.2, -0.15) is 0 Å². The fraction of sp³-hybridized carbons (Fsp3) is 0.500. The summed E-state index contributed by atoms with van der Waals surface area (Å²) in [5.74, 6) is -0.210. The molecular weight excluding hydrogens is 330 g/mol. The highest BCUT2D eigenvalue weighted by molar-refractivity contribution is 7.20. The zero-order valence-electron chi connectivity index (χ0n) is 14.2. The van der Waals surface area contributed by atoms with Crippen molar-refractivity contribution in [3.05, 3.63) is 26.6 Å². The number of hydrogen-bond donors (Lipinski definition) is 1. The van der Waals surface area contributed by atoms with E-state index in [-0.39, 0.29) is 24.4 Å². The molecule has 2 aromatic rings. The fourth-order valence-corrected chi connectivity index (χ4v) is 3.42. The highest BCUT2D eigenvalue weighted by Crippen LogP contribution is 2.28. The average molecular weight is 351 g/mol.